The summed E-state index contributed by atoms with van der Waals surface area (Å²) in [7, 11) is 0. The number of carbonyl (C=O) groups is 1. The molecule has 6 nitrogen and oxygen atoms in total. The van der Waals surface area contributed by atoms with E-state index in [1.807, 2.05) is 26.8 Å². The van der Waals surface area contributed by atoms with Gasteiger partial charge >= 0.3 is 5.63 Å². The second-order valence-electron chi connectivity index (χ2n) is 6.93. The molecule has 1 saturated heterocycles. The van der Waals surface area contributed by atoms with Crippen LogP contribution < -0.4 is 10.9 Å². The van der Waals surface area contributed by atoms with E-state index in [1.54, 1.807) is 11.0 Å². The van der Waals surface area contributed by atoms with E-state index < -0.39 is 5.63 Å². The van der Waals surface area contributed by atoms with Gasteiger partial charge in [0.25, 0.3) is 0 Å². The number of benzene rings is 1. The van der Waals surface area contributed by atoms with E-state index in [0.29, 0.717) is 29.8 Å². The summed E-state index contributed by atoms with van der Waals surface area (Å²) in [6, 6.07) is 3.76. The number of nitrogens with one attached hydrogen (secondary N) is 1. The van der Waals surface area contributed by atoms with Gasteiger partial charge in [-0.05, 0) is 38.0 Å². The van der Waals surface area contributed by atoms with Crippen LogP contribution in [0.15, 0.2) is 25.8 Å². The minimum absolute atomic E-state index is 0.0299. The molecule has 3 aromatic rings. The largest absolute Gasteiger partial charge is 0.461 e. The minimum Gasteiger partial charge on any atom is -0.461 e. The maximum atomic E-state index is 12.6. The van der Waals surface area contributed by atoms with Crippen molar-refractivity contribution in [2.24, 2.45) is 0 Å². The van der Waals surface area contributed by atoms with Crippen molar-refractivity contribution in [3.63, 3.8) is 0 Å². The van der Waals surface area contributed by atoms with Gasteiger partial charge in [0.05, 0.1) is 12.0 Å². The lowest BCUT2D eigenvalue weighted by atomic mass is 10.0. The number of hydrogen-bond acceptors (Lipinski definition) is 5. The fraction of sp³-hybridized carbons (Fsp3) is 0.400. The summed E-state index contributed by atoms with van der Waals surface area (Å²) in [5.74, 6) is 0.821. The molecule has 6 heteroatoms. The van der Waals surface area contributed by atoms with Crippen LogP contribution in [0.2, 0.25) is 0 Å². The Labute approximate surface area is 150 Å². The molecule has 2 aromatic heterocycles. The smallest absolute Gasteiger partial charge is 0.340 e. The Morgan fingerprint density at radius 1 is 1.04 bits per heavy atom. The molecule has 1 aliphatic rings. The molecule has 0 unspecified atom stereocenters. The van der Waals surface area contributed by atoms with Crippen molar-refractivity contribution in [2.75, 3.05) is 26.2 Å². The Morgan fingerprint density at radius 2 is 1.69 bits per heavy atom. The molecule has 1 fully saturated rings. The van der Waals surface area contributed by atoms with Crippen LogP contribution in [0.1, 0.15) is 22.5 Å². The van der Waals surface area contributed by atoms with Crippen molar-refractivity contribution >= 4 is 27.8 Å². The molecule has 0 radical (unpaired) electrons. The number of hydrogen-bond donors (Lipinski definition) is 1. The van der Waals surface area contributed by atoms with Crippen LogP contribution in [-0.2, 0) is 11.2 Å². The molecule has 0 bridgehead atoms. The first-order chi connectivity index (χ1) is 12.5. The quantitative estimate of drug-likeness (QED) is 0.716. The molecule has 0 saturated carbocycles. The van der Waals surface area contributed by atoms with E-state index in [2.05, 4.69) is 5.32 Å². The standard InChI is InChI=1S/C20H22N2O4/c1-11-13(3)25-17-10-18-15(8-14(11)17)12(2)16(20(24)26-18)9-19(23)22-6-4-21-5-7-22/h8,10,21H,4-7,9H2,1-3H3. The van der Waals surface area contributed by atoms with Crippen LogP contribution in [0, 0.1) is 20.8 Å². The van der Waals surface area contributed by atoms with Crippen molar-refractivity contribution in [3.8, 4) is 0 Å². The summed E-state index contributed by atoms with van der Waals surface area (Å²) in [5, 5.41) is 5.08. The number of carbonyl (C=O) groups excluding carboxylic acids is 1. The van der Waals surface area contributed by atoms with Crippen LogP contribution in [-0.4, -0.2) is 37.0 Å². The van der Waals surface area contributed by atoms with Gasteiger partial charge in [-0.2, -0.15) is 0 Å². The van der Waals surface area contributed by atoms with Gasteiger partial charge in [0, 0.05) is 43.0 Å². The lowest BCUT2D eigenvalue weighted by Gasteiger charge is -2.27. The zero-order valence-electron chi connectivity index (χ0n) is 15.3. The number of aryl methyl sites for hydroxylation is 3. The van der Waals surface area contributed by atoms with Crippen LogP contribution >= 0.6 is 0 Å². The third-order valence-corrected chi connectivity index (χ3v) is 5.38. The summed E-state index contributed by atoms with van der Waals surface area (Å²) in [4.78, 5) is 26.9. The predicted octanol–water partition coefficient (Wildman–Crippen LogP) is 2.44. The first-order valence-corrected chi connectivity index (χ1v) is 8.90. The molecule has 4 rings (SSSR count). The fourth-order valence-electron chi connectivity index (χ4n) is 3.61. The zero-order chi connectivity index (χ0) is 18.4. The first kappa shape index (κ1) is 16.8. The van der Waals surface area contributed by atoms with Gasteiger partial charge in [0.15, 0.2) is 0 Å². The minimum atomic E-state index is -0.446. The summed E-state index contributed by atoms with van der Waals surface area (Å²) >= 11 is 0. The van der Waals surface area contributed by atoms with Crippen molar-refractivity contribution in [2.45, 2.75) is 27.2 Å². The van der Waals surface area contributed by atoms with Crippen molar-refractivity contribution in [1.82, 2.24) is 10.2 Å². The lowest BCUT2D eigenvalue weighted by molar-refractivity contribution is -0.131. The number of amides is 1. The van der Waals surface area contributed by atoms with Crippen LogP contribution in [0.4, 0.5) is 0 Å². The van der Waals surface area contributed by atoms with Crippen molar-refractivity contribution < 1.29 is 13.6 Å². The molecule has 0 atom stereocenters. The third kappa shape index (κ3) is 2.70. The average Bonchev–Trinajstić information content (AvgIpc) is 2.91. The van der Waals surface area contributed by atoms with E-state index in [9.17, 15) is 9.59 Å². The molecular formula is C20H22N2O4. The van der Waals surface area contributed by atoms with E-state index in [1.165, 1.54) is 0 Å². The number of piperazine rings is 1. The normalized spacial score (nSPS) is 15.1. The summed E-state index contributed by atoms with van der Waals surface area (Å²) in [6.07, 6.45) is 0.0749. The Kier molecular flexibility index (Phi) is 4.07. The number of rotatable bonds is 2. The molecule has 1 N–H and O–H groups in total. The summed E-state index contributed by atoms with van der Waals surface area (Å²) < 4.78 is 11.3. The average molecular weight is 354 g/mol. The van der Waals surface area contributed by atoms with Gasteiger partial charge in [-0.1, -0.05) is 0 Å². The molecule has 1 amide bonds. The topological polar surface area (TPSA) is 75.7 Å². The van der Waals surface area contributed by atoms with E-state index >= 15 is 0 Å². The number of fused-ring (bicyclic) bond motifs is 2. The Morgan fingerprint density at radius 3 is 2.42 bits per heavy atom. The highest BCUT2D eigenvalue weighted by Crippen LogP contribution is 2.31. The number of furan rings is 1. The summed E-state index contributed by atoms with van der Waals surface area (Å²) in [6.45, 7) is 8.72. The Hall–Kier alpha value is -2.60. The molecule has 1 aromatic carbocycles. The van der Waals surface area contributed by atoms with Gasteiger partial charge in [0.2, 0.25) is 5.91 Å². The number of nitrogens with zero attached hydrogens (tertiary/aromatic N) is 1. The highest BCUT2D eigenvalue weighted by atomic mass is 16.4. The first-order valence-electron chi connectivity index (χ1n) is 8.90. The predicted molar refractivity (Wildman–Crippen MR) is 99.6 cm³/mol. The fourth-order valence-corrected chi connectivity index (χ4v) is 3.61. The van der Waals surface area contributed by atoms with Crippen LogP contribution in [0.5, 0.6) is 0 Å². The molecule has 0 aliphatic carbocycles. The second kappa shape index (κ2) is 6.29. The van der Waals surface area contributed by atoms with Crippen molar-refractivity contribution in [1.29, 1.82) is 0 Å². The van der Waals surface area contributed by atoms with Gasteiger partial charge in [-0.15, -0.1) is 0 Å². The lowest BCUT2D eigenvalue weighted by Crippen LogP contribution is -2.47. The van der Waals surface area contributed by atoms with Gasteiger partial charge < -0.3 is 19.1 Å². The van der Waals surface area contributed by atoms with E-state index in [4.69, 9.17) is 8.83 Å². The van der Waals surface area contributed by atoms with Crippen LogP contribution in [0.3, 0.4) is 0 Å². The summed E-state index contributed by atoms with van der Waals surface area (Å²) in [5.41, 5.74) is 3.08. The maximum absolute atomic E-state index is 12.6. The van der Waals surface area contributed by atoms with Gasteiger partial charge in [0.1, 0.15) is 16.9 Å². The van der Waals surface area contributed by atoms with Crippen LogP contribution in [0.25, 0.3) is 21.9 Å². The molecule has 0 spiro atoms. The highest BCUT2D eigenvalue weighted by molar-refractivity contribution is 5.97. The molecular weight excluding hydrogens is 332 g/mol. The monoisotopic (exact) mass is 354 g/mol. The SMILES string of the molecule is Cc1oc2cc3oc(=O)c(CC(=O)N4CCNCC4)c(C)c3cc2c1C. The highest BCUT2D eigenvalue weighted by Gasteiger charge is 2.21. The zero-order valence-corrected chi connectivity index (χ0v) is 15.3. The Bertz CT molecular complexity index is 1070. The van der Waals surface area contributed by atoms with Crippen molar-refractivity contribution in [3.05, 3.63) is 45.0 Å². The third-order valence-electron chi connectivity index (χ3n) is 5.38. The maximum Gasteiger partial charge on any atom is 0.340 e. The molecule has 3 heterocycles. The van der Waals surface area contributed by atoms with E-state index in [0.717, 1.165) is 40.7 Å². The Balaban J connectivity index is 1.79. The molecule has 1 aliphatic heterocycles. The van der Waals surface area contributed by atoms with E-state index in [-0.39, 0.29) is 12.3 Å². The second-order valence-corrected chi connectivity index (χ2v) is 6.93. The van der Waals surface area contributed by atoms with Gasteiger partial charge in [-0.3, -0.25) is 4.79 Å². The molecule has 26 heavy (non-hydrogen) atoms. The molecule has 136 valence electrons. The van der Waals surface area contributed by atoms with Gasteiger partial charge in [-0.25, -0.2) is 4.79 Å².